The van der Waals surface area contributed by atoms with Crippen LogP contribution >= 0.6 is 7.14 Å². The highest BCUT2D eigenvalue weighted by Crippen LogP contribution is 2.42. The summed E-state index contributed by atoms with van der Waals surface area (Å²) in [7, 11) is -2.54. The lowest BCUT2D eigenvalue weighted by atomic mass is 9.81. The van der Waals surface area contributed by atoms with Gasteiger partial charge in [-0.1, -0.05) is 26.8 Å². The van der Waals surface area contributed by atoms with E-state index >= 15 is 0 Å². The molecule has 124 valence electrons. The Balaban J connectivity index is 2.39. The van der Waals surface area contributed by atoms with Gasteiger partial charge in [-0.3, -0.25) is 4.79 Å². The van der Waals surface area contributed by atoms with Gasteiger partial charge in [0, 0.05) is 10.7 Å². The number of aromatic nitrogens is 2. The van der Waals surface area contributed by atoms with Gasteiger partial charge < -0.3 is 4.57 Å². The van der Waals surface area contributed by atoms with E-state index in [1.54, 1.807) is 24.2 Å². The molecule has 0 saturated heterocycles. The molecule has 0 aliphatic heterocycles. The van der Waals surface area contributed by atoms with E-state index in [4.69, 9.17) is 0 Å². The molecule has 1 heterocycles. The van der Waals surface area contributed by atoms with Gasteiger partial charge in [0.25, 0.3) is 5.56 Å². The minimum Gasteiger partial charge on any atom is -0.319 e. The second kappa shape index (κ2) is 5.31. The molecule has 0 radical (unpaired) electrons. The molecular weight excluding hydrogens is 307 g/mol. The van der Waals surface area contributed by atoms with Crippen molar-refractivity contribution in [3.05, 3.63) is 34.2 Å². The van der Waals surface area contributed by atoms with Crippen LogP contribution in [0.2, 0.25) is 0 Å². The molecule has 0 spiro atoms. The third-order valence-corrected chi connectivity index (χ3v) is 6.57. The van der Waals surface area contributed by atoms with E-state index < -0.39 is 7.14 Å². The Morgan fingerprint density at radius 3 is 2.43 bits per heavy atom. The SMILES string of the molecule is CCC(C)(C)c1ccc2c(=O)n(C3CC3)ncc2c1P(C)(C)=O. The summed E-state index contributed by atoms with van der Waals surface area (Å²) in [6.07, 6.45) is 4.73. The smallest absolute Gasteiger partial charge is 0.274 e. The number of nitrogens with zero attached hydrogens (tertiary/aromatic N) is 2. The Morgan fingerprint density at radius 2 is 1.91 bits per heavy atom. The molecular formula is C18H25N2O2P. The van der Waals surface area contributed by atoms with Gasteiger partial charge in [0.2, 0.25) is 0 Å². The Kier molecular flexibility index (Phi) is 3.79. The van der Waals surface area contributed by atoms with Crippen LogP contribution in [0.1, 0.15) is 51.6 Å². The topological polar surface area (TPSA) is 52.0 Å². The molecule has 0 bridgehead atoms. The molecule has 0 amide bonds. The maximum atomic E-state index is 13.0. The van der Waals surface area contributed by atoms with Gasteiger partial charge in [-0.25, -0.2) is 4.68 Å². The van der Waals surface area contributed by atoms with Crippen LogP contribution in [-0.2, 0) is 9.98 Å². The third-order valence-electron chi connectivity index (χ3n) is 5.01. The zero-order valence-corrected chi connectivity index (χ0v) is 15.5. The zero-order valence-electron chi connectivity index (χ0n) is 14.6. The van der Waals surface area contributed by atoms with Crippen molar-refractivity contribution in [1.29, 1.82) is 0 Å². The lowest BCUT2D eigenvalue weighted by Gasteiger charge is -2.28. The van der Waals surface area contributed by atoms with Gasteiger partial charge in [-0.05, 0) is 49.6 Å². The molecule has 1 aromatic carbocycles. The van der Waals surface area contributed by atoms with Gasteiger partial charge in [-0.15, -0.1) is 0 Å². The van der Waals surface area contributed by atoms with Gasteiger partial charge in [0.05, 0.1) is 17.6 Å². The third kappa shape index (κ3) is 2.78. The van der Waals surface area contributed by atoms with Gasteiger partial charge in [-0.2, -0.15) is 5.10 Å². The summed E-state index contributed by atoms with van der Waals surface area (Å²) in [5.74, 6) is 0. The van der Waals surface area contributed by atoms with E-state index in [0.717, 1.165) is 35.5 Å². The van der Waals surface area contributed by atoms with Crippen molar-refractivity contribution in [1.82, 2.24) is 9.78 Å². The average molecular weight is 332 g/mol. The Hall–Kier alpha value is -1.41. The van der Waals surface area contributed by atoms with E-state index in [-0.39, 0.29) is 17.0 Å². The fraction of sp³-hybridized carbons (Fsp3) is 0.556. The first-order valence-corrected chi connectivity index (χ1v) is 10.9. The standard InChI is InChI=1S/C18H25N2O2P/c1-6-18(2,3)15-10-9-13-14(16(15)23(4,5)22)11-19-20(17(13)21)12-7-8-12/h9-12H,6-8H2,1-5H3. The van der Waals surface area contributed by atoms with Crippen LogP contribution in [0.25, 0.3) is 10.8 Å². The lowest BCUT2D eigenvalue weighted by molar-refractivity contribution is 0.508. The fourth-order valence-electron chi connectivity index (χ4n) is 3.12. The van der Waals surface area contributed by atoms with Gasteiger partial charge in [0.15, 0.2) is 0 Å². The molecule has 4 nitrogen and oxygen atoms in total. The Bertz CT molecular complexity index is 872. The lowest BCUT2D eigenvalue weighted by Crippen LogP contribution is -2.29. The van der Waals surface area contributed by atoms with E-state index in [1.807, 2.05) is 12.1 Å². The van der Waals surface area contributed by atoms with Crippen molar-refractivity contribution in [2.24, 2.45) is 0 Å². The predicted molar refractivity (Wildman–Crippen MR) is 96.7 cm³/mol. The minimum absolute atomic E-state index is 0.0550. The normalized spacial score (nSPS) is 16.0. The maximum Gasteiger partial charge on any atom is 0.274 e. The number of hydrogen-bond donors (Lipinski definition) is 0. The van der Waals surface area contributed by atoms with E-state index in [0.29, 0.717) is 5.39 Å². The molecule has 1 aliphatic carbocycles. The number of fused-ring (bicyclic) bond motifs is 1. The van der Waals surface area contributed by atoms with Crippen molar-refractivity contribution >= 4 is 23.2 Å². The molecule has 3 rings (SSSR count). The number of rotatable bonds is 4. The van der Waals surface area contributed by atoms with Crippen LogP contribution in [0, 0.1) is 0 Å². The van der Waals surface area contributed by atoms with Crippen LogP contribution in [0.3, 0.4) is 0 Å². The summed E-state index contributed by atoms with van der Waals surface area (Å²) in [5.41, 5.74) is 0.933. The number of benzene rings is 1. The predicted octanol–water partition coefficient (Wildman–Crippen LogP) is 3.67. The van der Waals surface area contributed by atoms with Crippen molar-refractivity contribution in [2.75, 3.05) is 13.3 Å². The quantitative estimate of drug-likeness (QED) is 0.803. The molecule has 1 aromatic heterocycles. The highest BCUT2D eigenvalue weighted by atomic mass is 31.2. The maximum absolute atomic E-state index is 13.0. The van der Waals surface area contributed by atoms with Crippen molar-refractivity contribution in [3.8, 4) is 0 Å². The van der Waals surface area contributed by atoms with Crippen LogP contribution in [0.4, 0.5) is 0 Å². The van der Waals surface area contributed by atoms with Crippen LogP contribution in [-0.4, -0.2) is 23.1 Å². The first-order valence-electron chi connectivity index (χ1n) is 8.27. The summed E-state index contributed by atoms with van der Waals surface area (Å²) < 4.78 is 14.6. The molecule has 2 aromatic rings. The second-order valence-corrected chi connectivity index (χ2v) is 10.8. The summed E-state index contributed by atoms with van der Waals surface area (Å²) in [5, 5.41) is 6.61. The van der Waals surface area contributed by atoms with Crippen molar-refractivity contribution < 1.29 is 4.57 Å². The fourth-order valence-corrected chi connectivity index (χ4v) is 4.83. The first kappa shape index (κ1) is 16.4. The Morgan fingerprint density at radius 1 is 1.26 bits per heavy atom. The Labute approximate surface area is 137 Å². The second-order valence-electron chi connectivity index (χ2n) is 7.64. The average Bonchev–Trinajstić information content (AvgIpc) is 3.30. The largest absolute Gasteiger partial charge is 0.319 e. The molecule has 1 saturated carbocycles. The number of hydrogen-bond acceptors (Lipinski definition) is 3. The molecule has 5 heteroatoms. The van der Waals surface area contributed by atoms with Gasteiger partial charge in [0.1, 0.15) is 7.14 Å². The molecule has 0 unspecified atom stereocenters. The zero-order chi connectivity index (χ0) is 17.0. The van der Waals surface area contributed by atoms with E-state index in [2.05, 4.69) is 25.9 Å². The monoisotopic (exact) mass is 332 g/mol. The highest BCUT2D eigenvalue weighted by molar-refractivity contribution is 7.70. The van der Waals surface area contributed by atoms with E-state index in [9.17, 15) is 9.36 Å². The minimum atomic E-state index is -2.54. The van der Waals surface area contributed by atoms with Crippen LogP contribution < -0.4 is 10.9 Å². The van der Waals surface area contributed by atoms with Gasteiger partial charge >= 0.3 is 0 Å². The molecule has 0 atom stereocenters. The summed E-state index contributed by atoms with van der Waals surface area (Å²) in [6, 6.07) is 4.14. The van der Waals surface area contributed by atoms with Crippen LogP contribution in [0.15, 0.2) is 23.1 Å². The summed E-state index contributed by atoms with van der Waals surface area (Å²) >= 11 is 0. The van der Waals surface area contributed by atoms with E-state index in [1.165, 1.54) is 0 Å². The molecule has 23 heavy (non-hydrogen) atoms. The molecule has 1 fully saturated rings. The summed E-state index contributed by atoms with van der Waals surface area (Å²) in [4.78, 5) is 12.7. The summed E-state index contributed by atoms with van der Waals surface area (Å²) in [6.45, 7) is 10.0. The van der Waals surface area contributed by atoms with Crippen molar-refractivity contribution in [2.45, 2.75) is 51.5 Å². The first-order chi connectivity index (χ1) is 10.7. The highest BCUT2D eigenvalue weighted by Gasteiger charge is 2.31. The molecule has 0 N–H and O–H groups in total. The van der Waals surface area contributed by atoms with Crippen LogP contribution in [0.5, 0.6) is 0 Å². The van der Waals surface area contributed by atoms with Crippen molar-refractivity contribution in [3.63, 3.8) is 0 Å². The molecule has 1 aliphatic rings.